The number of unbranched alkanes of at least 4 members (excludes halogenated alkanes) is 39. The van der Waals surface area contributed by atoms with Crippen LogP contribution < -0.4 is 10.6 Å². The van der Waals surface area contributed by atoms with Gasteiger partial charge in [0.1, 0.15) is 48.8 Å². The normalized spacial score (nSPS) is 22.1. The Morgan fingerprint density at radius 1 is 0.467 bits per heavy atom. The van der Waals surface area contributed by atoms with Gasteiger partial charge in [-0.1, -0.05) is 278 Å². The number of aliphatic carboxylic acids is 1. The summed E-state index contributed by atoms with van der Waals surface area (Å²) >= 11 is 0. The minimum atomic E-state index is -5.26. The highest BCUT2D eigenvalue weighted by atomic mass is 31.2. The maximum absolute atomic E-state index is 13.7. The van der Waals surface area contributed by atoms with Gasteiger partial charge in [0, 0.05) is 39.9 Å². The van der Waals surface area contributed by atoms with E-state index in [4.69, 9.17) is 37.7 Å². The second kappa shape index (κ2) is 56.7. The highest BCUT2D eigenvalue weighted by Crippen LogP contribution is 2.43. The number of aliphatic hydroxyl groups excluding tert-OH is 1. The topological polar surface area (TPSA) is 264 Å². The zero-order valence-electron chi connectivity index (χ0n) is 59.0. The molecule has 0 unspecified atom stereocenters. The molecule has 0 aromatic heterocycles. The predicted octanol–water partition coefficient (Wildman–Crippen LogP) is 16.2. The summed E-state index contributed by atoms with van der Waals surface area (Å²) in [6.45, 7) is 9.45. The summed E-state index contributed by atoms with van der Waals surface area (Å²) < 4.78 is 61.6. The van der Waals surface area contributed by atoms with Crippen molar-refractivity contribution in [2.75, 3.05) is 33.5 Å². The lowest BCUT2D eigenvalue weighted by Gasteiger charge is -2.47. The van der Waals surface area contributed by atoms with Gasteiger partial charge in [-0.3, -0.25) is 18.9 Å². The van der Waals surface area contributed by atoms with E-state index in [9.17, 15) is 43.7 Å². The molecule has 2 aliphatic heterocycles. The number of nitrogens with one attached hydrogen (secondary N) is 2. The Morgan fingerprint density at radius 3 is 1.33 bits per heavy atom. The fourth-order valence-electron chi connectivity index (χ4n) is 12.9. The number of carboxylic acids is 1. The number of amides is 2. The summed E-state index contributed by atoms with van der Waals surface area (Å²) in [4.78, 5) is 74.0. The van der Waals surface area contributed by atoms with Crippen molar-refractivity contribution < 1.29 is 81.4 Å². The monoisotopic (exact) mass is 1330 g/mol. The number of carbonyl (C=O) groups excluding carboxylic acids is 3. The lowest BCUT2D eigenvalue weighted by molar-refractivity contribution is -0.290. The van der Waals surface area contributed by atoms with Crippen LogP contribution in [-0.4, -0.2) is 144 Å². The number of phosphoric acid groups is 1. The molecular formula is C72H137N2O17P. The van der Waals surface area contributed by atoms with Crippen molar-refractivity contribution in [2.24, 2.45) is 0 Å². The molecule has 20 heteroatoms. The number of aliphatic hydroxyl groups is 1. The molecule has 2 amide bonds. The van der Waals surface area contributed by atoms with Crippen molar-refractivity contribution >= 4 is 31.6 Å². The first kappa shape index (κ1) is 85.8. The van der Waals surface area contributed by atoms with Crippen LogP contribution in [-0.2, 0) is 61.4 Å². The molecule has 0 bridgehead atoms. The van der Waals surface area contributed by atoms with Gasteiger partial charge in [-0.05, 0) is 32.1 Å². The number of esters is 1. The average molecular weight is 1330 g/mol. The molecule has 11 atom stereocenters. The summed E-state index contributed by atoms with van der Waals surface area (Å²) in [5, 5.41) is 28.6. The van der Waals surface area contributed by atoms with E-state index in [1.807, 2.05) is 0 Å². The third-order valence-electron chi connectivity index (χ3n) is 18.3. The van der Waals surface area contributed by atoms with Crippen LogP contribution in [0.15, 0.2) is 0 Å². The molecule has 542 valence electrons. The largest absolute Gasteiger partial charge is 0.479 e. The van der Waals surface area contributed by atoms with E-state index in [2.05, 4.69) is 38.3 Å². The minimum absolute atomic E-state index is 0.0860. The summed E-state index contributed by atoms with van der Waals surface area (Å²) in [6.07, 6.45) is 38.0. The molecule has 2 fully saturated rings. The lowest BCUT2D eigenvalue weighted by Crippen LogP contribution is -2.68. The molecule has 0 radical (unpaired) electrons. The van der Waals surface area contributed by atoms with E-state index in [0.717, 1.165) is 103 Å². The molecule has 0 aromatic carbocycles. The Morgan fingerprint density at radius 2 is 0.891 bits per heavy atom. The van der Waals surface area contributed by atoms with Gasteiger partial charge in [-0.2, -0.15) is 0 Å². The fourth-order valence-corrected chi connectivity index (χ4v) is 13.5. The quantitative estimate of drug-likeness (QED) is 0.0188. The standard InChI is InChI=1S/C72H137N2O17P/c1-7-11-15-19-23-27-30-33-37-41-45-49-54-85-68-64(74-62(76)51-47-43-39-35-31-28-24-20-16-12-8-2)70(71(79)80)89-60(66(68)78)57-87-72-65(73-58(5)75)69(67(91-92(81,82)83)61(90-72)56-84-6)86-55-53-59(50-46-42-38-34-26-22-18-14-10-4)88-63(77)52-48-44-40-36-32-29-25-21-17-13-9-3/h59-61,64-70,72,78H,7-57H2,1-6H3,(H,73,75)(H,74,76)(H,79,80)(H2,81,82,83)/t59-,60-,61-,64-,65-,66-,67-,68-,69-,70+,72-/m1/s1. The fraction of sp³-hybridized carbons (Fsp3) is 0.944. The molecule has 92 heavy (non-hydrogen) atoms. The molecule has 2 rings (SSSR count). The molecule has 0 aliphatic carbocycles. The summed E-state index contributed by atoms with van der Waals surface area (Å²) in [5.41, 5.74) is 0. The van der Waals surface area contributed by atoms with Crippen LogP contribution in [0.25, 0.3) is 0 Å². The van der Waals surface area contributed by atoms with Crippen molar-refractivity contribution in [1.82, 2.24) is 10.6 Å². The molecule has 2 heterocycles. The van der Waals surface area contributed by atoms with E-state index in [1.54, 1.807) is 0 Å². The highest BCUT2D eigenvalue weighted by molar-refractivity contribution is 7.46. The Balaban J connectivity index is 2.33. The maximum atomic E-state index is 13.7. The number of carbonyl (C=O) groups is 4. The van der Waals surface area contributed by atoms with Gasteiger partial charge in [0.05, 0.1) is 25.9 Å². The van der Waals surface area contributed by atoms with E-state index >= 15 is 0 Å². The number of rotatable bonds is 63. The SMILES string of the molecule is CCCCCCCCCCCCCCO[C@H]1[C@H](O)[C@@H](CO[C@@H]2O[C@H](COC)[C@@H](OP(=O)(O)O)[C@H](OCC[C@@H](CCCCCCCCCCC)OC(=O)CCCCCCCCCCCCC)[C@H]2NC(C)=O)O[C@H](C(=O)O)[C@@H]1NC(=O)CCCCCCCCCCCCC. The zero-order chi connectivity index (χ0) is 67.3. The first-order chi connectivity index (χ1) is 44.6. The minimum Gasteiger partial charge on any atom is -0.479 e. The average Bonchev–Trinajstić information content (AvgIpc) is 0.816. The van der Waals surface area contributed by atoms with E-state index in [-0.39, 0.29) is 44.5 Å². The van der Waals surface area contributed by atoms with Crippen LogP contribution in [0, 0.1) is 0 Å². The van der Waals surface area contributed by atoms with Crippen LogP contribution in [0.2, 0.25) is 0 Å². The van der Waals surface area contributed by atoms with Gasteiger partial charge in [-0.25, -0.2) is 9.36 Å². The third-order valence-corrected chi connectivity index (χ3v) is 18.8. The van der Waals surface area contributed by atoms with Gasteiger partial charge in [0.15, 0.2) is 12.4 Å². The van der Waals surface area contributed by atoms with Crippen LogP contribution in [0.3, 0.4) is 0 Å². The van der Waals surface area contributed by atoms with Gasteiger partial charge >= 0.3 is 19.8 Å². The molecule has 0 saturated carbocycles. The lowest BCUT2D eigenvalue weighted by atomic mass is 9.92. The second-order valence-electron chi connectivity index (χ2n) is 26.8. The first-order valence-corrected chi connectivity index (χ1v) is 39.2. The third kappa shape index (κ3) is 42.4. The van der Waals surface area contributed by atoms with Gasteiger partial charge in [0.25, 0.3) is 0 Å². The number of ether oxygens (including phenoxy) is 7. The second-order valence-corrected chi connectivity index (χ2v) is 28.0. The Kier molecular flexibility index (Phi) is 52.9. The molecule has 0 aromatic rings. The van der Waals surface area contributed by atoms with Crippen LogP contribution >= 0.6 is 7.82 Å². The molecule has 2 aliphatic rings. The highest BCUT2D eigenvalue weighted by Gasteiger charge is 2.53. The summed E-state index contributed by atoms with van der Waals surface area (Å²) in [5.74, 6) is -2.61. The van der Waals surface area contributed by atoms with E-state index < -0.39 is 93.5 Å². The van der Waals surface area contributed by atoms with Crippen LogP contribution in [0.4, 0.5) is 0 Å². The molecule has 0 spiro atoms. The van der Waals surface area contributed by atoms with E-state index in [1.165, 1.54) is 175 Å². The van der Waals surface area contributed by atoms with Crippen LogP contribution in [0.1, 0.15) is 336 Å². The van der Waals surface area contributed by atoms with Crippen molar-refractivity contribution in [3.63, 3.8) is 0 Å². The first-order valence-electron chi connectivity index (χ1n) is 37.7. The van der Waals surface area contributed by atoms with Gasteiger partial charge in [0.2, 0.25) is 11.8 Å². The molecular weight excluding hydrogens is 1200 g/mol. The van der Waals surface area contributed by atoms with Crippen molar-refractivity contribution in [1.29, 1.82) is 0 Å². The zero-order valence-corrected chi connectivity index (χ0v) is 59.9. The van der Waals surface area contributed by atoms with Gasteiger partial charge < -0.3 is 63.8 Å². The molecule has 19 nitrogen and oxygen atoms in total. The summed E-state index contributed by atoms with van der Waals surface area (Å²) in [6, 6.07) is -2.57. The van der Waals surface area contributed by atoms with Crippen molar-refractivity contribution in [3.05, 3.63) is 0 Å². The molecule has 6 N–H and O–H groups in total. The maximum Gasteiger partial charge on any atom is 0.470 e. The Labute approximate surface area is 558 Å². The number of carboxylic acid groups (broad SMARTS) is 1. The Bertz CT molecular complexity index is 1850. The summed E-state index contributed by atoms with van der Waals surface area (Å²) in [7, 11) is -3.89. The van der Waals surface area contributed by atoms with Crippen LogP contribution in [0.5, 0.6) is 0 Å². The number of methoxy groups -OCH3 is 1. The number of hydrogen-bond donors (Lipinski definition) is 6. The Hall–Kier alpha value is -2.29. The molecule has 2 saturated heterocycles. The van der Waals surface area contributed by atoms with Crippen molar-refractivity contribution in [2.45, 2.75) is 404 Å². The predicted molar refractivity (Wildman–Crippen MR) is 364 cm³/mol. The van der Waals surface area contributed by atoms with E-state index in [0.29, 0.717) is 25.7 Å². The smallest absolute Gasteiger partial charge is 0.470 e. The van der Waals surface area contributed by atoms with Gasteiger partial charge in [-0.15, -0.1) is 0 Å². The van der Waals surface area contributed by atoms with Crippen molar-refractivity contribution in [3.8, 4) is 0 Å². The number of hydrogen-bond acceptors (Lipinski definition) is 14. The number of phosphoric ester groups is 1.